The van der Waals surface area contributed by atoms with Gasteiger partial charge in [0.25, 0.3) is 0 Å². The predicted octanol–water partition coefficient (Wildman–Crippen LogP) is 7.06. The molecule has 0 aromatic heterocycles. The fraction of sp³-hybridized carbons (Fsp3) is 0.543. The largest absolute Gasteiger partial charge is 0.460 e. The van der Waals surface area contributed by atoms with Gasteiger partial charge in [-0.3, -0.25) is 9.59 Å². The molecule has 2 N–H and O–H groups in total. The van der Waals surface area contributed by atoms with Crippen molar-refractivity contribution in [1.29, 1.82) is 0 Å². The highest BCUT2D eigenvalue weighted by molar-refractivity contribution is 5.87. The second-order valence-corrected chi connectivity index (χ2v) is 13.2. The summed E-state index contributed by atoms with van der Waals surface area (Å²) in [5.74, 6) is -0.507. The van der Waals surface area contributed by atoms with E-state index in [0.717, 1.165) is 22.3 Å². The van der Waals surface area contributed by atoms with Crippen molar-refractivity contribution in [2.45, 2.75) is 110 Å². The second-order valence-electron chi connectivity index (χ2n) is 13.2. The lowest BCUT2D eigenvalue weighted by Crippen LogP contribution is -2.41. The van der Waals surface area contributed by atoms with Gasteiger partial charge in [0.2, 0.25) is 0 Å². The maximum absolute atomic E-state index is 13.2. The molecule has 0 spiro atoms. The number of hydrogen-bond acceptors (Lipinski definition) is 7. The number of alkyl carbamates (subject to hydrolysis) is 2. The van der Waals surface area contributed by atoms with Gasteiger partial charge in [-0.1, -0.05) is 48.5 Å². The van der Waals surface area contributed by atoms with Crippen LogP contribution in [0, 0.1) is 0 Å². The first-order valence-electron chi connectivity index (χ1n) is 15.6. The fourth-order valence-corrected chi connectivity index (χ4v) is 5.21. The first-order valence-corrected chi connectivity index (χ1v) is 15.6. The van der Waals surface area contributed by atoms with Crippen molar-refractivity contribution >= 4 is 23.9 Å². The number of carbonyl (C=O) groups excluding carboxylic acids is 4. The summed E-state index contributed by atoms with van der Waals surface area (Å²) in [5.41, 5.74) is 3.35. The van der Waals surface area contributed by atoms with Crippen molar-refractivity contribution in [3.05, 3.63) is 59.7 Å². The summed E-state index contributed by atoms with van der Waals surface area (Å²) in [5, 5.41) is 5.50. The van der Waals surface area contributed by atoms with E-state index in [1.54, 1.807) is 20.8 Å². The average molecular weight is 609 g/mol. The molecule has 3 rings (SSSR count). The molecule has 1 aliphatic carbocycles. The van der Waals surface area contributed by atoms with E-state index in [-0.39, 0.29) is 37.1 Å². The third kappa shape index (κ3) is 11.3. The first-order chi connectivity index (χ1) is 20.7. The van der Waals surface area contributed by atoms with Crippen molar-refractivity contribution in [3.8, 4) is 11.1 Å². The van der Waals surface area contributed by atoms with Crippen molar-refractivity contribution in [2.24, 2.45) is 0 Å². The molecule has 1 aliphatic rings. The van der Waals surface area contributed by atoms with E-state index < -0.39 is 29.4 Å². The predicted molar refractivity (Wildman–Crippen MR) is 169 cm³/mol. The molecule has 240 valence electrons. The van der Waals surface area contributed by atoms with Gasteiger partial charge in [0, 0.05) is 25.3 Å². The number of nitrogens with one attached hydrogen (secondary N) is 2. The average Bonchev–Trinajstić information content (AvgIpc) is 3.25. The number of ketones is 1. The molecular weight excluding hydrogens is 560 g/mol. The number of fused-ring (bicyclic) bond motifs is 3. The van der Waals surface area contributed by atoms with Crippen LogP contribution in [-0.4, -0.2) is 54.3 Å². The van der Waals surface area contributed by atoms with Gasteiger partial charge in [-0.05, 0) is 95.9 Å². The van der Waals surface area contributed by atoms with Crippen LogP contribution < -0.4 is 10.6 Å². The molecule has 2 amide bonds. The maximum Gasteiger partial charge on any atom is 0.407 e. The first kappa shape index (κ1) is 34.6. The maximum atomic E-state index is 13.2. The summed E-state index contributed by atoms with van der Waals surface area (Å²) in [6.45, 7) is 11.4. The lowest BCUT2D eigenvalue weighted by molar-refractivity contribution is -0.155. The minimum atomic E-state index is -0.742. The van der Waals surface area contributed by atoms with E-state index in [4.69, 9.17) is 14.2 Å². The molecule has 0 radical (unpaired) electrons. The summed E-state index contributed by atoms with van der Waals surface area (Å²) >= 11 is 0. The molecule has 0 heterocycles. The number of unbranched alkanes of at least 4 members (excludes halogenated alkanes) is 2. The van der Waals surface area contributed by atoms with Crippen LogP contribution in [-0.2, 0) is 23.8 Å². The topological polar surface area (TPSA) is 120 Å². The minimum absolute atomic E-state index is 0.0888. The fourth-order valence-electron chi connectivity index (χ4n) is 5.21. The van der Waals surface area contributed by atoms with Crippen LogP contribution >= 0.6 is 0 Å². The highest BCUT2D eigenvalue weighted by Crippen LogP contribution is 2.44. The standard InChI is InChI=1S/C35H48N2O7/c1-34(2,3)43-31(39)21-12-11-20-30(38)29(19-13-14-22-36-32(40)44-35(4,5)6)37-33(41)42-23-28-26-17-9-7-15-24(26)25-16-8-10-18-27(25)28/h7-10,15-18,28-29H,11-14,19-23H2,1-6H3,(H,36,40)(H,37,41)/t29-/m0/s1. The Balaban J connectivity index is 1.54. The molecule has 0 fully saturated rings. The SMILES string of the molecule is CC(C)(C)OC(=O)CCCCC(=O)[C@H](CCCCNC(=O)OC(C)(C)C)NC(=O)OCC1c2ccccc2-c2ccccc21. The van der Waals surface area contributed by atoms with Gasteiger partial charge in [-0.25, -0.2) is 9.59 Å². The van der Waals surface area contributed by atoms with Gasteiger partial charge in [0.15, 0.2) is 5.78 Å². The van der Waals surface area contributed by atoms with Gasteiger partial charge in [-0.15, -0.1) is 0 Å². The second kappa shape index (κ2) is 15.7. The Morgan fingerprint density at radius 1 is 0.727 bits per heavy atom. The van der Waals surface area contributed by atoms with Crippen molar-refractivity contribution in [1.82, 2.24) is 10.6 Å². The van der Waals surface area contributed by atoms with Crippen molar-refractivity contribution in [2.75, 3.05) is 13.2 Å². The number of esters is 1. The van der Waals surface area contributed by atoms with Crippen LogP contribution in [0.2, 0.25) is 0 Å². The van der Waals surface area contributed by atoms with Crippen LogP contribution in [0.25, 0.3) is 11.1 Å². The van der Waals surface area contributed by atoms with Gasteiger partial charge in [0.05, 0.1) is 6.04 Å². The van der Waals surface area contributed by atoms with Crippen LogP contribution in [0.15, 0.2) is 48.5 Å². The highest BCUT2D eigenvalue weighted by Gasteiger charge is 2.30. The Hall–Kier alpha value is -3.88. The van der Waals surface area contributed by atoms with E-state index in [9.17, 15) is 19.2 Å². The van der Waals surface area contributed by atoms with E-state index in [1.807, 2.05) is 45.0 Å². The monoisotopic (exact) mass is 608 g/mol. The molecule has 0 aliphatic heterocycles. The lowest BCUT2D eigenvalue weighted by Gasteiger charge is -2.21. The summed E-state index contributed by atoms with van der Waals surface area (Å²) < 4.78 is 16.3. The lowest BCUT2D eigenvalue weighted by atomic mass is 9.98. The third-order valence-electron chi connectivity index (χ3n) is 7.09. The van der Waals surface area contributed by atoms with Gasteiger partial charge in [0.1, 0.15) is 17.8 Å². The molecule has 1 atom stereocenters. The molecule has 2 aromatic carbocycles. The van der Waals surface area contributed by atoms with Gasteiger partial charge >= 0.3 is 18.2 Å². The molecule has 0 saturated heterocycles. The van der Waals surface area contributed by atoms with Crippen LogP contribution in [0.3, 0.4) is 0 Å². The Kier molecular flexibility index (Phi) is 12.4. The van der Waals surface area contributed by atoms with Crippen LogP contribution in [0.5, 0.6) is 0 Å². The molecule has 0 unspecified atom stereocenters. The van der Waals surface area contributed by atoms with Gasteiger partial charge in [-0.2, -0.15) is 0 Å². The zero-order valence-electron chi connectivity index (χ0n) is 27.0. The Morgan fingerprint density at radius 3 is 1.89 bits per heavy atom. The Morgan fingerprint density at radius 2 is 1.30 bits per heavy atom. The molecule has 9 heteroatoms. The molecule has 2 aromatic rings. The summed E-state index contributed by atoms with van der Waals surface area (Å²) in [6.07, 6.45) is 1.91. The van der Waals surface area contributed by atoms with E-state index in [1.165, 1.54) is 0 Å². The number of hydrogen-bond donors (Lipinski definition) is 2. The number of carbonyl (C=O) groups is 4. The molecular formula is C35H48N2O7. The van der Waals surface area contributed by atoms with Crippen molar-refractivity contribution < 1.29 is 33.4 Å². The summed E-state index contributed by atoms with van der Waals surface area (Å²) in [7, 11) is 0. The Bertz CT molecular complexity index is 1250. The highest BCUT2D eigenvalue weighted by atomic mass is 16.6. The zero-order chi connectivity index (χ0) is 32.3. The van der Waals surface area contributed by atoms with Crippen LogP contribution in [0.1, 0.15) is 104 Å². The van der Waals surface area contributed by atoms with E-state index >= 15 is 0 Å². The normalized spacial score (nSPS) is 13.3. The quantitative estimate of drug-likeness (QED) is 0.134. The van der Waals surface area contributed by atoms with Crippen molar-refractivity contribution in [3.63, 3.8) is 0 Å². The third-order valence-corrected chi connectivity index (χ3v) is 7.09. The summed E-state index contributed by atoms with van der Waals surface area (Å²) in [4.78, 5) is 50.1. The number of Topliss-reactive ketones (excluding diaryl/α,β-unsaturated/α-hetero) is 1. The molecule has 0 bridgehead atoms. The number of benzene rings is 2. The zero-order valence-corrected chi connectivity index (χ0v) is 27.0. The number of amides is 2. The van der Waals surface area contributed by atoms with Crippen LogP contribution in [0.4, 0.5) is 9.59 Å². The molecule has 44 heavy (non-hydrogen) atoms. The van der Waals surface area contributed by atoms with E-state index in [0.29, 0.717) is 38.6 Å². The smallest absolute Gasteiger partial charge is 0.407 e. The number of ether oxygens (including phenoxy) is 3. The Labute approximate surface area is 261 Å². The van der Waals surface area contributed by atoms with Gasteiger partial charge < -0.3 is 24.8 Å². The molecule has 9 nitrogen and oxygen atoms in total. The number of rotatable bonds is 14. The summed E-state index contributed by atoms with van der Waals surface area (Å²) in [6, 6.07) is 15.5. The van der Waals surface area contributed by atoms with E-state index in [2.05, 4.69) is 34.9 Å². The minimum Gasteiger partial charge on any atom is -0.460 e. The molecule has 0 saturated carbocycles.